The molecule has 0 bridgehead atoms. The second-order valence-electron chi connectivity index (χ2n) is 5.54. The molecular weight excluding hydrogens is 278 g/mol. The molecule has 1 amide bonds. The van der Waals surface area contributed by atoms with E-state index >= 15 is 0 Å². The molecule has 0 radical (unpaired) electrons. The molecule has 2 heterocycles. The van der Waals surface area contributed by atoms with Gasteiger partial charge in [0.1, 0.15) is 12.7 Å². The van der Waals surface area contributed by atoms with Crippen molar-refractivity contribution in [3.63, 3.8) is 0 Å². The average molecular weight is 299 g/mol. The highest BCUT2D eigenvalue weighted by Gasteiger charge is 2.26. The summed E-state index contributed by atoms with van der Waals surface area (Å²) in [5, 5.41) is 7.45. The van der Waals surface area contributed by atoms with Crippen molar-refractivity contribution in [2.45, 2.75) is 25.8 Å². The van der Waals surface area contributed by atoms with Crippen LogP contribution in [-0.4, -0.2) is 51.2 Å². The maximum Gasteiger partial charge on any atom is 0.254 e. The van der Waals surface area contributed by atoms with Crippen molar-refractivity contribution in [2.24, 2.45) is 0 Å². The third-order valence-corrected chi connectivity index (χ3v) is 3.98. The molecule has 116 valence electrons. The minimum Gasteiger partial charge on any atom is -0.334 e. The predicted octanol–water partition coefficient (Wildman–Crippen LogP) is 1.48. The van der Waals surface area contributed by atoms with E-state index in [-0.39, 0.29) is 5.91 Å². The highest BCUT2D eigenvalue weighted by Crippen LogP contribution is 2.16. The van der Waals surface area contributed by atoms with Gasteiger partial charge in [0.2, 0.25) is 0 Å². The molecule has 1 aromatic heterocycles. The van der Waals surface area contributed by atoms with Crippen LogP contribution in [-0.2, 0) is 0 Å². The van der Waals surface area contributed by atoms with Crippen LogP contribution in [0.5, 0.6) is 0 Å². The van der Waals surface area contributed by atoms with Crippen molar-refractivity contribution < 1.29 is 4.79 Å². The molecule has 0 saturated carbocycles. The van der Waals surface area contributed by atoms with Crippen LogP contribution in [0.4, 0.5) is 0 Å². The fraction of sp³-hybridized carbons (Fsp3) is 0.438. The highest BCUT2D eigenvalue weighted by atomic mass is 16.2. The number of carbonyl (C=O) groups is 1. The second-order valence-corrected chi connectivity index (χ2v) is 5.54. The Balaban J connectivity index is 1.85. The fourth-order valence-corrected chi connectivity index (χ4v) is 2.89. The van der Waals surface area contributed by atoms with E-state index < -0.39 is 0 Å². The van der Waals surface area contributed by atoms with Gasteiger partial charge in [-0.25, -0.2) is 9.67 Å². The number of rotatable bonds is 5. The van der Waals surface area contributed by atoms with Crippen molar-refractivity contribution >= 4 is 5.91 Å². The zero-order chi connectivity index (χ0) is 15.4. The van der Waals surface area contributed by atoms with Crippen LogP contribution in [0.15, 0.2) is 36.9 Å². The zero-order valence-electron chi connectivity index (χ0n) is 12.8. The zero-order valence-corrected chi connectivity index (χ0v) is 12.8. The Morgan fingerprint density at radius 1 is 1.50 bits per heavy atom. The molecule has 3 rings (SSSR count). The molecule has 1 fully saturated rings. The first-order valence-corrected chi connectivity index (χ1v) is 7.76. The van der Waals surface area contributed by atoms with E-state index in [2.05, 4.69) is 22.3 Å². The van der Waals surface area contributed by atoms with Crippen LogP contribution in [0.2, 0.25) is 0 Å². The Morgan fingerprint density at radius 2 is 2.41 bits per heavy atom. The SMILES string of the molecule is CCCN(C(=O)c1cccc(-n2cncn2)c1)C1CCNC1. The van der Waals surface area contributed by atoms with E-state index in [1.54, 1.807) is 11.0 Å². The summed E-state index contributed by atoms with van der Waals surface area (Å²) < 4.78 is 1.66. The standard InChI is InChI=1S/C16H21N5O/c1-2-8-20(15-6-7-17-10-15)16(22)13-4-3-5-14(9-13)21-12-18-11-19-21/h3-5,9,11-12,15,17H,2,6-8,10H2,1H3. The van der Waals surface area contributed by atoms with E-state index in [0.29, 0.717) is 11.6 Å². The maximum atomic E-state index is 12.9. The maximum absolute atomic E-state index is 12.9. The van der Waals surface area contributed by atoms with Crippen LogP contribution in [0.1, 0.15) is 30.1 Å². The molecule has 0 aliphatic carbocycles. The van der Waals surface area contributed by atoms with Gasteiger partial charge in [0.05, 0.1) is 5.69 Å². The largest absolute Gasteiger partial charge is 0.334 e. The van der Waals surface area contributed by atoms with Crippen LogP contribution < -0.4 is 5.32 Å². The first-order valence-electron chi connectivity index (χ1n) is 7.76. The number of hydrogen-bond donors (Lipinski definition) is 1. The van der Waals surface area contributed by atoms with Crippen molar-refractivity contribution in [2.75, 3.05) is 19.6 Å². The van der Waals surface area contributed by atoms with E-state index in [4.69, 9.17) is 0 Å². The number of carbonyl (C=O) groups excluding carboxylic acids is 1. The van der Waals surface area contributed by atoms with Crippen LogP contribution in [0.25, 0.3) is 5.69 Å². The van der Waals surface area contributed by atoms with Gasteiger partial charge in [0, 0.05) is 24.7 Å². The molecule has 6 nitrogen and oxygen atoms in total. The first-order chi connectivity index (χ1) is 10.8. The monoisotopic (exact) mass is 299 g/mol. The van der Waals surface area contributed by atoms with E-state index in [9.17, 15) is 4.79 Å². The molecule has 0 spiro atoms. The molecule has 1 aromatic carbocycles. The molecule has 1 atom stereocenters. The van der Waals surface area contributed by atoms with Gasteiger partial charge in [0.25, 0.3) is 5.91 Å². The Morgan fingerprint density at radius 3 is 3.09 bits per heavy atom. The molecular formula is C16H21N5O. The summed E-state index contributed by atoms with van der Waals surface area (Å²) in [6, 6.07) is 7.85. The average Bonchev–Trinajstić information content (AvgIpc) is 3.25. The summed E-state index contributed by atoms with van der Waals surface area (Å²) in [7, 11) is 0. The summed E-state index contributed by atoms with van der Waals surface area (Å²) in [6.07, 6.45) is 5.11. The summed E-state index contributed by atoms with van der Waals surface area (Å²) in [5.74, 6) is 0.0949. The summed E-state index contributed by atoms with van der Waals surface area (Å²) in [4.78, 5) is 18.8. The minimum atomic E-state index is 0.0949. The van der Waals surface area contributed by atoms with Crippen LogP contribution >= 0.6 is 0 Å². The van der Waals surface area contributed by atoms with Crippen molar-refractivity contribution in [1.82, 2.24) is 25.0 Å². The topological polar surface area (TPSA) is 63.1 Å². The smallest absolute Gasteiger partial charge is 0.254 e. The quantitative estimate of drug-likeness (QED) is 0.908. The van der Waals surface area contributed by atoms with Crippen molar-refractivity contribution in [1.29, 1.82) is 0 Å². The van der Waals surface area contributed by atoms with E-state index in [0.717, 1.165) is 38.2 Å². The third kappa shape index (κ3) is 3.01. The fourth-order valence-electron chi connectivity index (χ4n) is 2.89. The minimum absolute atomic E-state index is 0.0949. The van der Waals surface area contributed by atoms with Crippen LogP contribution in [0, 0.1) is 0 Å². The van der Waals surface area contributed by atoms with Gasteiger partial charge in [-0.15, -0.1) is 0 Å². The lowest BCUT2D eigenvalue weighted by atomic mass is 10.1. The molecule has 2 aromatic rings. The lowest BCUT2D eigenvalue weighted by Crippen LogP contribution is -2.42. The number of amides is 1. The van der Waals surface area contributed by atoms with E-state index in [1.807, 2.05) is 29.2 Å². The summed E-state index contributed by atoms with van der Waals surface area (Å²) in [5.41, 5.74) is 1.55. The van der Waals surface area contributed by atoms with Crippen molar-refractivity contribution in [3.05, 3.63) is 42.5 Å². The van der Waals surface area contributed by atoms with Gasteiger partial charge in [-0.1, -0.05) is 13.0 Å². The van der Waals surface area contributed by atoms with E-state index in [1.165, 1.54) is 6.33 Å². The molecule has 6 heteroatoms. The predicted molar refractivity (Wildman–Crippen MR) is 84.0 cm³/mol. The normalized spacial score (nSPS) is 17.6. The Bertz CT molecular complexity index is 619. The molecule has 1 N–H and O–H groups in total. The lowest BCUT2D eigenvalue weighted by molar-refractivity contribution is 0.0692. The number of aromatic nitrogens is 3. The number of nitrogens with one attached hydrogen (secondary N) is 1. The number of nitrogens with zero attached hydrogens (tertiary/aromatic N) is 4. The first kappa shape index (κ1) is 14.7. The summed E-state index contributed by atoms with van der Waals surface area (Å²) in [6.45, 7) is 4.76. The van der Waals surface area contributed by atoms with Crippen LogP contribution in [0.3, 0.4) is 0 Å². The van der Waals surface area contributed by atoms with Gasteiger partial charge in [0.15, 0.2) is 0 Å². The van der Waals surface area contributed by atoms with Gasteiger partial charge in [-0.3, -0.25) is 4.79 Å². The van der Waals surface area contributed by atoms with Gasteiger partial charge in [-0.2, -0.15) is 5.10 Å². The molecule has 1 aliphatic heterocycles. The number of hydrogen-bond acceptors (Lipinski definition) is 4. The molecule has 1 aliphatic rings. The van der Waals surface area contributed by atoms with Gasteiger partial charge >= 0.3 is 0 Å². The highest BCUT2D eigenvalue weighted by molar-refractivity contribution is 5.95. The molecule has 22 heavy (non-hydrogen) atoms. The second kappa shape index (κ2) is 6.70. The Hall–Kier alpha value is -2.21. The Labute approximate surface area is 130 Å². The molecule has 1 unspecified atom stereocenters. The molecule has 1 saturated heterocycles. The summed E-state index contributed by atoms with van der Waals surface area (Å²) >= 11 is 0. The third-order valence-electron chi connectivity index (χ3n) is 3.98. The lowest BCUT2D eigenvalue weighted by Gasteiger charge is -2.28. The van der Waals surface area contributed by atoms with Crippen molar-refractivity contribution in [3.8, 4) is 5.69 Å². The Kier molecular flexibility index (Phi) is 4.48. The van der Waals surface area contributed by atoms with Gasteiger partial charge in [-0.05, 0) is 37.6 Å². The van der Waals surface area contributed by atoms with Gasteiger partial charge < -0.3 is 10.2 Å². The number of benzene rings is 1.